The van der Waals surface area contributed by atoms with Gasteiger partial charge < -0.3 is 10.3 Å². The van der Waals surface area contributed by atoms with Crippen LogP contribution in [0.15, 0.2) is 42.7 Å². The van der Waals surface area contributed by atoms with Crippen LogP contribution in [-0.4, -0.2) is 22.4 Å². The molecule has 0 saturated carbocycles. The Labute approximate surface area is 145 Å². The van der Waals surface area contributed by atoms with Crippen LogP contribution in [0.3, 0.4) is 0 Å². The molecular weight excluding hydrogens is 317 g/mol. The number of pyridine rings is 1. The number of rotatable bonds is 5. The van der Waals surface area contributed by atoms with E-state index in [1.54, 1.807) is 24.5 Å². The highest BCUT2D eigenvalue weighted by Gasteiger charge is 2.13. The van der Waals surface area contributed by atoms with Crippen molar-refractivity contribution in [2.75, 3.05) is 6.54 Å². The quantitative estimate of drug-likeness (QED) is 0.698. The van der Waals surface area contributed by atoms with E-state index in [4.69, 9.17) is 0 Å². The second-order valence-electron chi connectivity index (χ2n) is 6.00. The Balaban J connectivity index is 1.65. The number of hydrogen-bond donors (Lipinski definition) is 2. The number of benzene rings is 1. The molecule has 0 unspecified atom stereocenters. The van der Waals surface area contributed by atoms with Gasteiger partial charge in [-0.15, -0.1) is 0 Å². The molecule has 0 bridgehead atoms. The van der Waals surface area contributed by atoms with E-state index in [2.05, 4.69) is 15.3 Å². The summed E-state index contributed by atoms with van der Waals surface area (Å²) >= 11 is 0. The molecule has 25 heavy (non-hydrogen) atoms. The molecule has 0 spiro atoms. The third kappa shape index (κ3) is 3.76. The first-order valence-corrected chi connectivity index (χ1v) is 8.18. The van der Waals surface area contributed by atoms with Gasteiger partial charge in [0.15, 0.2) is 0 Å². The molecule has 1 aromatic carbocycles. The van der Waals surface area contributed by atoms with Crippen LogP contribution in [0.1, 0.15) is 22.4 Å². The number of aromatic nitrogens is 2. The topological polar surface area (TPSA) is 57.8 Å². The summed E-state index contributed by atoms with van der Waals surface area (Å²) in [5, 5.41) is 3.78. The highest BCUT2D eigenvalue weighted by molar-refractivity contribution is 5.92. The largest absolute Gasteiger partial charge is 0.356 e. The Morgan fingerprint density at radius 2 is 2.00 bits per heavy atom. The highest BCUT2D eigenvalue weighted by Crippen LogP contribution is 2.27. The summed E-state index contributed by atoms with van der Waals surface area (Å²) in [6.45, 7) is 4.39. The number of carbonyl (C=O) groups is 1. The van der Waals surface area contributed by atoms with E-state index in [9.17, 15) is 9.18 Å². The second kappa shape index (κ2) is 7.30. The lowest BCUT2D eigenvalue weighted by Gasteiger charge is -2.05. The van der Waals surface area contributed by atoms with Crippen molar-refractivity contribution in [1.29, 1.82) is 0 Å². The number of hydrogen-bond acceptors (Lipinski definition) is 2. The number of nitrogens with zero attached hydrogens (tertiary/aromatic N) is 1. The number of H-pyrrole nitrogens is 1. The lowest BCUT2D eigenvalue weighted by atomic mass is 10.0. The molecule has 0 fully saturated rings. The Kier molecular flexibility index (Phi) is 4.93. The van der Waals surface area contributed by atoms with Gasteiger partial charge in [-0.25, -0.2) is 4.39 Å². The van der Waals surface area contributed by atoms with Crippen molar-refractivity contribution in [2.45, 2.75) is 20.3 Å². The molecule has 2 aromatic heterocycles. The first-order chi connectivity index (χ1) is 12.1. The van der Waals surface area contributed by atoms with E-state index in [0.717, 1.165) is 27.8 Å². The van der Waals surface area contributed by atoms with E-state index >= 15 is 0 Å². The van der Waals surface area contributed by atoms with Gasteiger partial charge in [-0.3, -0.25) is 9.78 Å². The van der Waals surface area contributed by atoms with Crippen molar-refractivity contribution in [3.05, 3.63) is 70.9 Å². The third-order valence-electron chi connectivity index (χ3n) is 4.24. The summed E-state index contributed by atoms with van der Waals surface area (Å²) in [5.74, 6) is -0.406. The molecule has 128 valence electrons. The van der Waals surface area contributed by atoms with E-state index in [0.29, 0.717) is 18.5 Å². The van der Waals surface area contributed by atoms with Crippen molar-refractivity contribution < 1.29 is 9.18 Å². The summed E-state index contributed by atoms with van der Waals surface area (Å²) in [6, 6.07) is 6.92. The zero-order valence-corrected chi connectivity index (χ0v) is 14.3. The zero-order valence-electron chi connectivity index (χ0n) is 14.3. The van der Waals surface area contributed by atoms with Gasteiger partial charge in [0.2, 0.25) is 5.91 Å². The Hall–Kier alpha value is -2.95. The number of carbonyl (C=O) groups excluding carboxylic acids is 1. The van der Waals surface area contributed by atoms with Gasteiger partial charge in [0.1, 0.15) is 5.82 Å². The van der Waals surface area contributed by atoms with Crippen LogP contribution in [0.5, 0.6) is 0 Å². The standard InChI is InChI=1S/C20H20FN3O/c1-13-3-5-17(21)20-19(13)16(14(2)24-20)9-12-23-18(25)6-4-15-7-10-22-11-8-15/h3-8,10-11,24H,9,12H2,1-2H3,(H,23,25)/b6-4+. The normalized spacial score (nSPS) is 11.3. The first kappa shape index (κ1) is 16.9. The fourth-order valence-corrected chi connectivity index (χ4v) is 2.97. The lowest BCUT2D eigenvalue weighted by Crippen LogP contribution is -2.23. The van der Waals surface area contributed by atoms with E-state index in [1.807, 2.05) is 26.0 Å². The Morgan fingerprint density at radius 3 is 2.76 bits per heavy atom. The van der Waals surface area contributed by atoms with Crippen LogP contribution in [0.4, 0.5) is 4.39 Å². The monoisotopic (exact) mass is 337 g/mol. The van der Waals surface area contributed by atoms with Gasteiger partial charge in [-0.2, -0.15) is 0 Å². The van der Waals surface area contributed by atoms with Gasteiger partial charge in [0.05, 0.1) is 5.52 Å². The average Bonchev–Trinajstić information content (AvgIpc) is 2.95. The van der Waals surface area contributed by atoms with Crippen LogP contribution in [0, 0.1) is 19.7 Å². The Morgan fingerprint density at radius 1 is 1.24 bits per heavy atom. The van der Waals surface area contributed by atoms with Crippen LogP contribution >= 0.6 is 0 Å². The SMILES string of the molecule is Cc1[nH]c2c(F)ccc(C)c2c1CCNC(=O)/C=C/c1ccncc1. The smallest absolute Gasteiger partial charge is 0.244 e. The molecule has 0 radical (unpaired) electrons. The Bertz CT molecular complexity index is 929. The second-order valence-corrected chi connectivity index (χ2v) is 6.00. The zero-order chi connectivity index (χ0) is 17.8. The molecule has 4 nitrogen and oxygen atoms in total. The van der Waals surface area contributed by atoms with Crippen LogP contribution in [-0.2, 0) is 11.2 Å². The molecule has 0 aliphatic heterocycles. The van der Waals surface area contributed by atoms with Crippen molar-refractivity contribution in [1.82, 2.24) is 15.3 Å². The predicted octanol–water partition coefficient (Wildman–Crippen LogP) is 3.69. The third-order valence-corrected chi connectivity index (χ3v) is 4.24. The van der Waals surface area contributed by atoms with Gasteiger partial charge in [-0.05, 0) is 61.2 Å². The van der Waals surface area contributed by atoms with Crippen LogP contribution < -0.4 is 5.32 Å². The molecular formula is C20H20FN3O. The number of nitrogens with one attached hydrogen (secondary N) is 2. The van der Waals surface area contributed by atoms with Gasteiger partial charge in [-0.1, -0.05) is 6.07 Å². The minimum atomic E-state index is -0.251. The van der Waals surface area contributed by atoms with E-state index in [-0.39, 0.29) is 11.7 Å². The summed E-state index contributed by atoms with van der Waals surface area (Å²) in [4.78, 5) is 19.0. The molecule has 0 aliphatic rings. The fraction of sp³-hybridized carbons (Fsp3) is 0.200. The number of aromatic amines is 1. The van der Waals surface area contributed by atoms with Gasteiger partial charge >= 0.3 is 0 Å². The van der Waals surface area contributed by atoms with Gasteiger partial charge in [0.25, 0.3) is 0 Å². The number of amides is 1. The van der Waals surface area contributed by atoms with Crippen LogP contribution in [0.2, 0.25) is 0 Å². The minimum Gasteiger partial charge on any atom is -0.356 e. The van der Waals surface area contributed by atoms with Crippen molar-refractivity contribution in [3.63, 3.8) is 0 Å². The summed E-state index contributed by atoms with van der Waals surface area (Å²) in [5.41, 5.74) is 4.47. The van der Waals surface area contributed by atoms with E-state index < -0.39 is 0 Å². The predicted molar refractivity (Wildman–Crippen MR) is 97.7 cm³/mol. The van der Waals surface area contributed by atoms with Crippen molar-refractivity contribution in [2.24, 2.45) is 0 Å². The van der Waals surface area contributed by atoms with E-state index in [1.165, 1.54) is 12.1 Å². The number of fused-ring (bicyclic) bond motifs is 1. The summed E-state index contributed by atoms with van der Waals surface area (Å²) < 4.78 is 14.0. The maximum absolute atomic E-state index is 14.0. The minimum absolute atomic E-state index is 0.155. The average molecular weight is 337 g/mol. The molecule has 0 aliphatic carbocycles. The molecule has 2 heterocycles. The fourth-order valence-electron chi connectivity index (χ4n) is 2.97. The number of aryl methyl sites for hydroxylation is 2. The van der Waals surface area contributed by atoms with Crippen molar-refractivity contribution >= 4 is 22.9 Å². The van der Waals surface area contributed by atoms with Crippen LogP contribution in [0.25, 0.3) is 17.0 Å². The molecule has 0 atom stereocenters. The number of halogens is 1. The molecule has 2 N–H and O–H groups in total. The maximum Gasteiger partial charge on any atom is 0.244 e. The first-order valence-electron chi connectivity index (χ1n) is 8.18. The molecule has 3 aromatic rings. The molecule has 5 heteroatoms. The highest BCUT2D eigenvalue weighted by atomic mass is 19.1. The maximum atomic E-state index is 14.0. The molecule has 0 saturated heterocycles. The van der Waals surface area contributed by atoms with Crippen molar-refractivity contribution in [3.8, 4) is 0 Å². The molecule has 3 rings (SSSR count). The summed E-state index contributed by atoms with van der Waals surface area (Å²) in [6.07, 6.45) is 7.25. The molecule has 1 amide bonds. The lowest BCUT2D eigenvalue weighted by molar-refractivity contribution is -0.116. The summed E-state index contributed by atoms with van der Waals surface area (Å²) in [7, 11) is 0. The van der Waals surface area contributed by atoms with Gasteiger partial charge in [0, 0.05) is 36.1 Å².